The van der Waals surface area contributed by atoms with Gasteiger partial charge in [0.1, 0.15) is 6.04 Å². The van der Waals surface area contributed by atoms with E-state index in [4.69, 9.17) is 23.2 Å². The van der Waals surface area contributed by atoms with Crippen molar-refractivity contribution in [2.24, 2.45) is 0 Å². The number of carbonyl (C=O) groups excluding carboxylic acids is 2. The van der Waals surface area contributed by atoms with Crippen molar-refractivity contribution in [2.75, 3.05) is 12.0 Å². The third-order valence-electron chi connectivity index (χ3n) is 4.33. The summed E-state index contributed by atoms with van der Waals surface area (Å²) in [6.07, 6.45) is 0.944. The molecule has 3 rings (SSSR count). The molecule has 0 spiro atoms. The Balaban J connectivity index is 1.72. The van der Waals surface area contributed by atoms with Gasteiger partial charge in [0, 0.05) is 11.6 Å². The molecule has 5 nitrogen and oxygen atoms in total. The number of benzene rings is 2. The van der Waals surface area contributed by atoms with E-state index in [2.05, 4.69) is 10.9 Å². The van der Waals surface area contributed by atoms with E-state index in [0.29, 0.717) is 24.4 Å². The number of anilines is 1. The van der Waals surface area contributed by atoms with Gasteiger partial charge in [-0.2, -0.15) is 0 Å². The fraction of sp³-hybridized carbons (Fsp3) is 0.222. The Morgan fingerprint density at radius 3 is 2.57 bits per heavy atom. The number of amides is 2. The molecular weight excluding hydrogens is 418 g/mol. The van der Waals surface area contributed by atoms with Crippen LogP contribution in [0.1, 0.15) is 23.2 Å². The smallest absolute Gasteiger partial charge is 0.261 e. The van der Waals surface area contributed by atoms with Gasteiger partial charge < -0.3 is 4.90 Å². The summed E-state index contributed by atoms with van der Waals surface area (Å²) < 4.78 is 39.9. The quantitative estimate of drug-likeness (QED) is 0.564. The largest absolute Gasteiger partial charge is 0.327 e. The van der Waals surface area contributed by atoms with Gasteiger partial charge in [0.05, 0.1) is 16.3 Å². The highest BCUT2D eigenvalue weighted by Crippen LogP contribution is 2.26. The Morgan fingerprint density at radius 2 is 1.82 bits per heavy atom. The number of hydrazine groups is 1. The Bertz CT molecular complexity index is 943. The first kappa shape index (κ1) is 20.3. The van der Waals surface area contributed by atoms with E-state index in [1.165, 1.54) is 23.1 Å². The van der Waals surface area contributed by atoms with Gasteiger partial charge in [0.15, 0.2) is 17.5 Å². The Morgan fingerprint density at radius 1 is 1.07 bits per heavy atom. The van der Waals surface area contributed by atoms with E-state index >= 15 is 0 Å². The van der Waals surface area contributed by atoms with Crippen molar-refractivity contribution in [3.05, 3.63) is 63.4 Å². The number of nitrogens with zero attached hydrogens (tertiary/aromatic N) is 1. The molecule has 2 aromatic rings. The maximum absolute atomic E-state index is 13.7. The minimum atomic E-state index is -1.66. The van der Waals surface area contributed by atoms with E-state index < -0.39 is 41.0 Å². The number of rotatable bonds is 4. The molecule has 2 amide bonds. The molecule has 1 aliphatic rings. The summed E-state index contributed by atoms with van der Waals surface area (Å²) in [6.45, 7) is 0.319. The van der Waals surface area contributed by atoms with Crippen LogP contribution in [0.4, 0.5) is 18.9 Å². The highest BCUT2D eigenvalue weighted by Gasteiger charge is 2.35. The maximum Gasteiger partial charge on any atom is 0.261 e. The van der Waals surface area contributed by atoms with Crippen molar-refractivity contribution in [3.63, 3.8) is 0 Å². The molecule has 0 saturated carbocycles. The summed E-state index contributed by atoms with van der Waals surface area (Å²) in [5.74, 6) is -5.57. The molecule has 1 saturated heterocycles. The first-order chi connectivity index (χ1) is 13.3. The molecule has 1 atom stereocenters. The fourth-order valence-corrected chi connectivity index (χ4v) is 3.30. The van der Waals surface area contributed by atoms with Crippen LogP contribution in [0.25, 0.3) is 0 Å². The summed E-state index contributed by atoms with van der Waals surface area (Å²) in [4.78, 5) is 26.6. The molecule has 2 N–H and O–H groups in total. The molecule has 148 valence electrons. The summed E-state index contributed by atoms with van der Waals surface area (Å²) in [5, 5.41) is 0.519. The van der Waals surface area contributed by atoms with Crippen LogP contribution in [-0.2, 0) is 4.79 Å². The highest BCUT2D eigenvalue weighted by molar-refractivity contribution is 6.35. The fourth-order valence-electron chi connectivity index (χ4n) is 2.93. The van der Waals surface area contributed by atoms with Gasteiger partial charge in [-0.05, 0) is 43.2 Å². The zero-order chi connectivity index (χ0) is 20.4. The minimum absolute atomic E-state index is 0.161. The van der Waals surface area contributed by atoms with Crippen molar-refractivity contribution in [1.82, 2.24) is 10.3 Å². The monoisotopic (exact) mass is 431 g/mol. The normalized spacial score (nSPS) is 16.2. The second-order valence-electron chi connectivity index (χ2n) is 6.12. The van der Waals surface area contributed by atoms with E-state index in [-0.39, 0.29) is 10.6 Å². The number of carbonyl (C=O) groups is 2. The van der Waals surface area contributed by atoms with Gasteiger partial charge in [-0.15, -0.1) is 0 Å². The highest BCUT2D eigenvalue weighted by atomic mass is 35.5. The topological polar surface area (TPSA) is 61.4 Å². The molecule has 1 unspecified atom stereocenters. The van der Waals surface area contributed by atoms with Gasteiger partial charge in [0.25, 0.3) is 11.8 Å². The lowest BCUT2D eigenvalue weighted by molar-refractivity contribution is -0.124. The Hall–Kier alpha value is -2.45. The van der Waals surface area contributed by atoms with Crippen molar-refractivity contribution in [3.8, 4) is 0 Å². The molecular formula is C18H14Cl2F3N3O2. The van der Waals surface area contributed by atoms with Gasteiger partial charge >= 0.3 is 0 Å². The van der Waals surface area contributed by atoms with Crippen LogP contribution in [0.3, 0.4) is 0 Å². The lowest BCUT2D eigenvalue weighted by Gasteiger charge is -2.24. The van der Waals surface area contributed by atoms with E-state index in [0.717, 1.165) is 12.1 Å². The van der Waals surface area contributed by atoms with Crippen molar-refractivity contribution in [2.45, 2.75) is 18.9 Å². The number of hydrogen-bond donors (Lipinski definition) is 2. The van der Waals surface area contributed by atoms with Crippen LogP contribution < -0.4 is 10.9 Å². The molecule has 0 aliphatic carbocycles. The van der Waals surface area contributed by atoms with Crippen molar-refractivity contribution < 1.29 is 22.8 Å². The molecule has 0 bridgehead atoms. The SMILES string of the molecule is O=C(NNc1ccc(F)c(F)c1F)C1CCCN1C(=O)c1cc(Cl)ccc1Cl. The second-order valence-corrected chi connectivity index (χ2v) is 6.96. The van der Waals surface area contributed by atoms with Gasteiger partial charge in [-0.3, -0.25) is 20.4 Å². The van der Waals surface area contributed by atoms with E-state index in [1.807, 2.05) is 0 Å². The van der Waals surface area contributed by atoms with Crippen LogP contribution in [-0.4, -0.2) is 29.3 Å². The summed E-state index contributed by atoms with van der Waals surface area (Å²) in [6, 6.07) is 5.25. The third-order valence-corrected chi connectivity index (χ3v) is 4.90. The first-order valence-electron chi connectivity index (χ1n) is 8.25. The number of hydrogen-bond acceptors (Lipinski definition) is 3. The zero-order valence-electron chi connectivity index (χ0n) is 14.2. The lowest BCUT2D eigenvalue weighted by Crippen LogP contribution is -2.47. The molecule has 2 aromatic carbocycles. The van der Waals surface area contributed by atoms with E-state index in [9.17, 15) is 22.8 Å². The van der Waals surface area contributed by atoms with Crippen LogP contribution in [0.15, 0.2) is 30.3 Å². The van der Waals surface area contributed by atoms with Crippen LogP contribution in [0.5, 0.6) is 0 Å². The minimum Gasteiger partial charge on any atom is -0.327 e. The van der Waals surface area contributed by atoms with Crippen molar-refractivity contribution in [1.29, 1.82) is 0 Å². The maximum atomic E-state index is 13.7. The van der Waals surface area contributed by atoms with E-state index in [1.54, 1.807) is 0 Å². The summed E-state index contributed by atoms with van der Waals surface area (Å²) in [5.41, 5.74) is 4.15. The molecule has 1 aliphatic heterocycles. The Labute approximate surface area is 168 Å². The average molecular weight is 432 g/mol. The molecule has 1 fully saturated rings. The predicted octanol–water partition coefficient (Wildman–Crippen LogP) is 4.16. The third kappa shape index (κ3) is 4.02. The Kier molecular flexibility index (Phi) is 6.00. The predicted molar refractivity (Wildman–Crippen MR) is 98.6 cm³/mol. The summed E-state index contributed by atoms with van der Waals surface area (Å²) in [7, 11) is 0. The van der Waals surface area contributed by atoms with Gasteiger partial charge in [-0.1, -0.05) is 23.2 Å². The number of likely N-dealkylation sites (tertiary alicyclic amines) is 1. The van der Waals surface area contributed by atoms with Gasteiger partial charge in [0.2, 0.25) is 0 Å². The first-order valence-corrected chi connectivity index (χ1v) is 9.00. The molecule has 28 heavy (non-hydrogen) atoms. The zero-order valence-corrected chi connectivity index (χ0v) is 15.8. The van der Waals surface area contributed by atoms with Crippen LogP contribution in [0.2, 0.25) is 10.0 Å². The number of halogens is 5. The van der Waals surface area contributed by atoms with Gasteiger partial charge in [-0.25, -0.2) is 13.2 Å². The summed E-state index contributed by atoms with van der Waals surface area (Å²) >= 11 is 12.0. The molecule has 1 heterocycles. The molecule has 0 aromatic heterocycles. The molecule has 0 radical (unpaired) electrons. The second kappa shape index (κ2) is 8.28. The van der Waals surface area contributed by atoms with Crippen LogP contribution in [0, 0.1) is 17.5 Å². The van der Waals surface area contributed by atoms with Crippen LogP contribution >= 0.6 is 23.2 Å². The average Bonchev–Trinajstić information content (AvgIpc) is 3.16. The van der Waals surface area contributed by atoms with Crippen molar-refractivity contribution >= 4 is 40.7 Å². The lowest BCUT2D eigenvalue weighted by atomic mass is 10.1. The standard InChI is InChI=1S/C18H14Cl2F3N3O2/c19-9-3-4-11(20)10(8-9)18(28)26-7-1-2-14(26)17(27)25-24-13-6-5-12(21)15(22)16(13)23/h3-6,8,14,24H,1-2,7H2,(H,25,27). The molecule has 10 heteroatoms. The number of nitrogens with one attached hydrogen (secondary N) is 2.